The third-order valence-electron chi connectivity index (χ3n) is 2.62. The van der Waals surface area contributed by atoms with E-state index in [-0.39, 0.29) is 0 Å². The SMILES string of the molecule is Nc1cc2ccc3cc(S)ccc3c2[nH]1. The zero-order valence-corrected chi connectivity index (χ0v) is 8.88. The van der Waals surface area contributed by atoms with Crippen molar-refractivity contribution in [3.63, 3.8) is 0 Å². The molecule has 0 aliphatic rings. The Morgan fingerprint density at radius 2 is 1.80 bits per heavy atom. The van der Waals surface area contributed by atoms with Crippen LogP contribution in [0.3, 0.4) is 0 Å². The number of nitrogen functional groups attached to an aromatic ring is 1. The van der Waals surface area contributed by atoms with Gasteiger partial charge in [-0.25, -0.2) is 0 Å². The van der Waals surface area contributed by atoms with Crippen molar-refractivity contribution in [2.75, 3.05) is 5.73 Å². The molecule has 0 amide bonds. The summed E-state index contributed by atoms with van der Waals surface area (Å²) in [6.45, 7) is 0. The smallest absolute Gasteiger partial charge is 0.101 e. The fourth-order valence-corrected chi connectivity index (χ4v) is 2.16. The molecule has 2 aromatic carbocycles. The van der Waals surface area contributed by atoms with E-state index in [0.29, 0.717) is 5.82 Å². The van der Waals surface area contributed by atoms with Gasteiger partial charge in [0.25, 0.3) is 0 Å². The topological polar surface area (TPSA) is 41.8 Å². The second-order valence-electron chi connectivity index (χ2n) is 3.66. The van der Waals surface area contributed by atoms with Crippen LogP contribution in [-0.2, 0) is 0 Å². The van der Waals surface area contributed by atoms with Crippen molar-refractivity contribution in [2.45, 2.75) is 4.90 Å². The number of nitrogens with two attached hydrogens (primary N) is 1. The Kier molecular flexibility index (Phi) is 1.70. The average molecular weight is 214 g/mol. The quantitative estimate of drug-likeness (QED) is 0.494. The normalized spacial score (nSPS) is 11.3. The molecule has 0 bridgehead atoms. The third kappa shape index (κ3) is 1.27. The minimum Gasteiger partial charge on any atom is -0.385 e. The number of rotatable bonds is 0. The van der Waals surface area contributed by atoms with Crippen LogP contribution in [0.2, 0.25) is 0 Å². The Morgan fingerprint density at radius 3 is 2.67 bits per heavy atom. The number of anilines is 1. The van der Waals surface area contributed by atoms with Crippen molar-refractivity contribution in [3.8, 4) is 0 Å². The van der Waals surface area contributed by atoms with Gasteiger partial charge in [-0.3, -0.25) is 0 Å². The van der Waals surface area contributed by atoms with Crippen LogP contribution < -0.4 is 5.73 Å². The van der Waals surface area contributed by atoms with Gasteiger partial charge in [0.2, 0.25) is 0 Å². The molecular formula is C12H10N2S. The maximum atomic E-state index is 5.74. The molecule has 1 heterocycles. The largest absolute Gasteiger partial charge is 0.385 e. The first-order valence-electron chi connectivity index (χ1n) is 4.74. The number of fused-ring (bicyclic) bond motifs is 3. The van der Waals surface area contributed by atoms with Crippen LogP contribution in [0.25, 0.3) is 21.7 Å². The van der Waals surface area contributed by atoms with E-state index in [1.54, 1.807) is 0 Å². The van der Waals surface area contributed by atoms with Crippen molar-refractivity contribution in [1.29, 1.82) is 0 Å². The molecule has 0 aliphatic carbocycles. The first-order chi connectivity index (χ1) is 7.24. The predicted molar refractivity (Wildman–Crippen MR) is 67.5 cm³/mol. The number of hydrogen-bond donors (Lipinski definition) is 3. The Labute approximate surface area is 92.5 Å². The average Bonchev–Trinajstić information content (AvgIpc) is 2.58. The summed E-state index contributed by atoms with van der Waals surface area (Å²) < 4.78 is 0. The van der Waals surface area contributed by atoms with Crippen molar-refractivity contribution in [3.05, 3.63) is 36.4 Å². The van der Waals surface area contributed by atoms with Crippen LogP contribution in [-0.4, -0.2) is 4.98 Å². The van der Waals surface area contributed by atoms with Crippen LogP contribution in [0.4, 0.5) is 5.82 Å². The van der Waals surface area contributed by atoms with Gasteiger partial charge in [0.05, 0.1) is 5.52 Å². The van der Waals surface area contributed by atoms with Crippen LogP contribution in [0.15, 0.2) is 41.3 Å². The Bertz CT molecular complexity index is 655. The number of aromatic amines is 1. The molecule has 0 spiro atoms. The zero-order valence-electron chi connectivity index (χ0n) is 7.99. The van der Waals surface area contributed by atoms with Crippen LogP contribution in [0, 0.1) is 0 Å². The van der Waals surface area contributed by atoms with Gasteiger partial charge < -0.3 is 10.7 Å². The van der Waals surface area contributed by atoms with Gasteiger partial charge in [0.1, 0.15) is 5.82 Å². The minimum atomic E-state index is 0.701. The predicted octanol–water partition coefficient (Wildman–Crippen LogP) is 3.19. The highest BCUT2D eigenvalue weighted by Crippen LogP contribution is 2.27. The molecule has 3 N–H and O–H groups in total. The fourth-order valence-electron chi connectivity index (χ4n) is 1.94. The molecule has 3 heteroatoms. The van der Waals surface area contributed by atoms with Crippen molar-refractivity contribution < 1.29 is 0 Å². The monoisotopic (exact) mass is 214 g/mol. The summed E-state index contributed by atoms with van der Waals surface area (Å²) in [5.74, 6) is 0.701. The van der Waals surface area contributed by atoms with Gasteiger partial charge in [0.15, 0.2) is 0 Å². The molecule has 0 unspecified atom stereocenters. The van der Waals surface area contributed by atoms with Crippen molar-refractivity contribution in [2.24, 2.45) is 0 Å². The van der Waals surface area contributed by atoms with E-state index in [1.807, 2.05) is 12.1 Å². The van der Waals surface area contributed by atoms with E-state index in [0.717, 1.165) is 15.8 Å². The molecule has 0 aliphatic heterocycles. The van der Waals surface area contributed by atoms with E-state index in [2.05, 4.69) is 41.9 Å². The summed E-state index contributed by atoms with van der Waals surface area (Å²) in [5.41, 5.74) is 6.84. The molecule has 1 aromatic heterocycles. The van der Waals surface area contributed by atoms with Crippen LogP contribution in [0.1, 0.15) is 0 Å². The van der Waals surface area contributed by atoms with E-state index in [4.69, 9.17) is 5.73 Å². The highest BCUT2D eigenvalue weighted by Gasteiger charge is 2.03. The Balaban J connectivity index is 2.53. The van der Waals surface area contributed by atoms with Gasteiger partial charge in [-0.15, -0.1) is 12.6 Å². The van der Waals surface area contributed by atoms with Crippen LogP contribution >= 0.6 is 12.6 Å². The lowest BCUT2D eigenvalue weighted by Gasteiger charge is -2.00. The second kappa shape index (κ2) is 2.94. The summed E-state index contributed by atoms with van der Waals surface area (Å²) in [6.07, 6.45) is 0. The lowest BCUT2D eigenvalue weighted by Crippen LogP contribution is -1.81. The number of thiol groups is 1. The highest BCUT2D eigenvalue weighted by atomic mass is 32.1. The molecular weight excluding hydrogens is 204 g/mol. The highest BCUT2D eigenvalue weighted by molar-refractivity contribution is 7.80. The van der Waals surface area contributed by atoms with Gasteiger partial charge in [-0.05, 0) is 23.6 Å². The van der Waals surface area contributed by atoms with Gasteiger partial charge in [-0.1, -0.05) is 18.2 Å². The number of aromatic nitrogens is 1. The summed E-state index contributed by atoms with van der Waals surface area (Å²) in [7, 11) is 0. The van der Waals surface area contributed by atoms with Crippen LogP contribution in [0.5, 0.6) is 0 Å². The molecule has 2 nitrogen and oxygen atoms in total. The van der Waals surface area contributed by atoms with Gasteiger partial charge in [0, 0.05) is 15.7 Å². The van der Waals surface area contributed by atoms with E-state index < -0.39 is 0 Å². The number of hydrogen-bond acceptors (Lipinski definition) is 2. The molecule has 0 saturated heterocycles. The summed E-state index contributed by atoms with van der Waals surface area (Å²) in [5, 5.41) is 3.51. The van der Waals surface area contributed by atoms with E-state index in [1.165, 1.54) is 10.8 Å². The number of benzene rings is 2. The molecule has 74 valence electrons. The maximum Gasteiger partial charge on any atom is 0.101 e. The van der Waals surface area contributed by atoms with E-state index >= 15 is 0 Å². The third-order valence-corrected chi connectivity index (χ3v) is 2.89. The molecule has 3 aromatic rings. The first-order valence-corrected chi connectivity index (χ1v) is 5.19. The molecule has 15 heavy (non-hydrogen) atoms. The van der Waals surface area contributed by atoms with Crippen molar-refractivity contribution in [1.82, 2.24) is 4.98 Å². The molecule has 0 saturated carbocycles. The van der Waals surface area contributed by atoms with Gasteiger partial charge >= 0.3 is 0 Å². The Hall–Kier alpha value is -1.61. The summed E-state index contributed by atoms with van der Waals surface area (Å²) in [4.78, 5) is 4.15. The standard InChI is InChI=1S/C12H10N2S/c13-11-6-8-2-1-7-5-9(15)3-4-10(7)12(8)14-11/h1-6,14-15H,13H2. The zero-order chi connectivity index (χ0) is 10.4. The number of H-pyrrole nitrogens is 1. The number of nitrogens with one attached hydrogen (secondary N) is 1. The summed E-state index contributed by atoms with van der Waals surface area (Å²) >= 11 is 4.32. The molecule has 0 fully saturated rings. The fraction of sp³-hybridized carbons (Fsp3) is 0. The summed E-state index contributed by atoms with van der Waals surface area (Å²) in [6, 6.07) is 12.2. The molecule has 0 atom stereocenters. The second-order valence-corrected chi connectivity index (χ2v) is 4.18. The Morgan fingerprint density at radius 1 is 1.00 bits per heavy atom. The maximum absolute atomic E-state index is 5.74. The first kappa shape index (κ1) is 8.68. The molecule has 0 radical (unpaired) electrons. The lowest BCUT2D eigenvalue weighted by molar-refractivity contribution is 1.48. The lowest BCUT2D eigenvalue weighted by atomic mass is 10.1. The van der Waals surface area contributed by atoms with E-state index in [9.17, 15) is 0 Å². The van der Waals surface area contributed by atoms with Crippen molar-refractivity contribution >= 4 is 40.1 Å². The minimum absolute atomic E-state index is 0.701. The van der Waals surface area contributed by atoms with Gasteiger partial charge in [-0.2, -0.15) is 0 Å². The molecule has 3 rings (SSSR count).